The molecule has 2 N–H and O–H groups in total. The summed E-state index contributed by atoms with van der Waals surface area (Å²) < 4.78 is 1.67. The topological polar surface area (TPSA) is 67.2 Å². The van der Waals surface area contributed by atoms with Crippen molar-refractivity contribution >= 4 is 5.91 Å². The molecule has 1 aliphatic carbocycles. The highest BCUT2D eigenvalue weighted by Crippen LogP contribution is 2.19. The normalized spacial score (nSPS) is 22.0. The third-order valence-corrected chi connectivity index (χ3v) is 3.91. The van der Waals surface area contributed by atoms with E-state index in [0.717, 1.165) is 31.4 Å². The van der Waals surface area contributed by atoms with E-state index in [9.17, 15) is 9.90 Å². The van der Waals surface area contributed by atoms with E-state index >= 15 is 0 Å². The number of amides is 1. The number of carbonyl (C=O) groups is 1. The molecule has 0 saturated heterocycles. The number of aliphatic hydroxyl groups excluding tert-OH is 1. The van der Waals surface area contributed by atoms with Gasteiger partial charge in [-0.2, -0.15) is 5.10 Å². The fraction of sp³-hybridized carbons (Fsp3) is 0.375. The number of hydrogen-bond donors (Lipinski definition) is 2. The Balaban J connectivity index is 1.69. The van der Waals surface area contributed by atoms with E-state index < -0.39 is 6.10 Å². The molecular formula is C16H19N3O2. The Labute approximate surface area is 123 Å². The van der Waals surface area contributed by atoms with Gasteiger partial charge in [-0.15, -0.1) is 0 Å². The van der Waals surface area contributed by atoms with Crippen LogP contribution in [0.5, 0.6) is 0 Å². The van der Waals surface area contributed by atoms with Crippen molar-refractivity contribution in [1.82, 2.24) is 15.1 Å². The predicted octanol–water partition coefficient (Wildman–Crippen LogP) is 1.91. The van der Waals surface area contributed by atoms with E-state index in [1.165, 1.54) is 0 Å². The zero-order valence-electron chi connectivity index (χ0n) is 11.8. The quantitative estimate of drug-likeness (QED) is 0.905. The highest BCUT2D eigenvalue weighted by Gasteiger charge is 2.25. The molecule has 1 fully saturated rings. The summed E-state index contributed by atoms with van der Waals surface area (Å²) in [6.45, 7) is 0. The van der Waals surface area contributed by atoms with E-state index in [1.54, 1.807) is 17.1 Å². The fourth-order valence-corrected chi connectivity index (χ4v) is 2.69. The number of carbonyl (C=O) groups excluding carboxylic acids is 1. The molecule has 0 aliphatic heterocycles. The number of nitrogens with zero attached hydrogens (tertiary/aromatic N) is 2. The fourth-order valence-electron chi connectivity index (χ4n) is 2.69. The number of para-hydroxylation sites is 1. The van der Waals surface area contributed by atoms with Gasteiger partial charge in [0.15, 0.2) is 0 Å². The molecule has 1 aromatic heterocycles. The van der Waals surface area contributed by atoms with Crippen LogP contribution < -0.4 is 5.32 Å². The Morgan fingerprint density at radius 3 is 2.76 bits per heavy atom. The molecule has 5 nitrogen and oxygen atoms in total. The third-order valence-electron chi connectivity index (χ3n) is 3.91. The maximum absolute atomic E-state index is 12.2. The average Bonchev–Trinajstić information content (AvgIpc) is 3.00. The first-order valence-corrected chi connectivity index (χ1v) is 7.33. The monoisotopic (exact) mass is 285 g/mol. The summed E-state index contributed by atoms with van der Waals surface area (Å²) in [5, 5.41) is 17.0. The predicted molar refractivity (Wildman–Crippen MR) is 79.3 cm³/mol. The Morgan fingerprint density at radius 1 is 1.24 bits per heavy atom. The zero-order chi connectivity index (χ0) is 14.7. The van der Waals surface area contributed by atoms with Gasteiger partial charge in [-0.3, -0.25) is 4.79 Å². The number of aliphatic hydroxyl groups is 1. The summed E-state index contributed by atoms with van der Waals surface area (Å²) in [6, 6.07) is 9.50. The first kappa shape index (κ1) is 13.8. The summed E-state index contributed by atoms with van der Waals surface area (Å²) >= 11 is 0. The van der Waals surface area contributed by atoms with Crippen LogP contribution in [0, 0.1) is 0 Å². The summed E-state index contributed by atoms with van der Waals surface area (Å²) in [5.41, 5.74) is 1.42. The standard InChI is InChI=1S/C16H19N3O2/c20-15-9-5-4-8-14(15)18-16(21)12-10-17-19(11-12)13-6-2-1-3-7-13/h1-3,6-7,10-11,14-15,20H,4-5,8-9H2,(H,18,21)/t14-,15-/m0/s1. The largest absolute Gasteiger partial charge is 0.391 e. The molecule has 1 aliphatic rings. The van der Waals surface area contributed by atoms with E-state index in [0.29, 0.717) is 5.56 Å². The SMILES string of the molecule is O=C(N[C@H]1CCCC[C@@H]1O)c1cnn(-c2ccccc2)c1. The van der Waals surface area contributed by atoms with Crippen molar-refractivity contribution < 1.29 is 9.90 Å². The smallest absolute Gasteiger partial charge is 0.254 e. The molecule has 1 heterocycles. The molecule has 0 radical (unpaired) electrons. The number of benzene rings is 1. The minimum absolute atomic E-state index is 0.147. The molecule has 110 valence electrons. The Morgan fingerprint density at radius 2 is 2.00 bits per heavy atom. The number of rotatable bonds is 3. The molecule has 5 heteroatoms. The summed E-state index contributed by atoms with van der Waals surface area (Å²) in [6.07, 6.45) is 6.49. The van der Waals surface area contributed by atoms with Gasteiger partial charge < -0.3 is 10.4 Å². The van der Waals surface area contributed by atoms with Gasteiger partial charge in [0.05, 0.1) is 29.6 Å². The zero-order valence-corrected chi connectivity index (χ0v) is 11.8. The minimum atomic E-state index is -0.438. The third kappa shape index (κ3) is 3.13. The van der Waals surface area contributed by atoms with Crippen molar-refractivity contribution in [2.24, 2.45) is 0 Å². The molecule has 21 heavy (non-hydrogen) atoms. The van der Waals surface area contributed by atoms with Gasteiger partial charge in [0.2, 0.25) is 0 Å². The number of nitrogens with one attached hydrogen (secondary N) is 1. The lowest BCUT2D eigenvalue weighted by atomic mass is 9.92. The van der Waals surface area contributed by atoms with Gasteiger partial charge in [0.1, 0.15) is 0 Å². The second kappa shape index (κ2) is 6.10. The lowest BCUT2D eigenvalue weighted by Crippen LogP contribution is -2.44. The average molecular weight is 285 g/mol. The Hall–Kier alpha value is -2.14. The maximum Gasteiger partial charge on any atom is 0.254 e. The maximum atomic E-state index is 12.2. The molecule has 0 unspecified atom stereocenters. The second-order valence-corrected chi connectivity index (χ2v) is 5.44. The van der Waals surface area contributed by atoms with E-state index in [1.807, 2.05) is 30.3 Å². The van der Waals surface area contributed by atoms with Gasteiger partial charge in [-0.05, 0) is 25.0 Å². The van der Waals surface area contributed by atoms with Crippen molar-refractivity contribution in [2.45, 2.75) is 37.8 Å². The lowest BCUT2D eigenvalue weighted by molar-refractivity contribution is 0.0717. The van der Waals surface area contributed by atoms with E-state index in [4.69, 9.17) is 0 Å². The highest BCUT2D eigenvalue weighted by molar-refractivity contribution is 5.94. The van der Waals surface area contributed by atoms with Crippen LogP contribution in [0.15, 0.2) is 42.7 Å². The van der Waals surface area contributed by atoms with Gasteiger partial charge >= 0.3 is 0 Å². The molecule has 1 saturated carbocycles. The molecule has 3 rings (SSSR count). The van der Waals surface area contributed by atoms with Crippen molar-refractivity contribution in [1.29, 1.82) is 0 Å². The first-order chi connectivity index (χ1) is 10.2. The first-order valence-electron chi connectivity index (χ1n) is 7.33. The van der Waals surface area contributed by atoms with E-state index in [-0.39, 0.29) is 11.9 Å². The van der Waals surface area contributed by atoms with Crippen LogP contribution in [0.2, 0.25) is 0 Å². The summed E-state index contributed by atoms with van der Waals surface area (Å²) in [5.74, 6) is -0.178. The van der Waals surface area contributed by atoms with Crippen LogP contribution in [0.1, 0.15) is 36.0 Å². The number of aromatic nitrogens is 2. The minimum Gasteiger partial charge on any atom is -0.391 e. The van der Waals surface area contributed by atoms with Gasteiger partial charge in [-0.1, -0.05) is 31.0 Å². The van der Waals surface area contributed by atoms with E-state index in [2.05, 4.69) is 10.4 Å². The van der Waals surface area contributed by atoms with Crippen LogP contribution in [0.4, 0.5) is 0 Å². The van der Waals surface area contributed by atoms with Crippen LogP contribution in [-0.4, -0.2) is 32.9 Å². The second-order valence-electron chi connectivity index (χ2n) is 5.44. The van der Waals surface area contributed by atoms with Crippen LogP contribution >= 0.6 is 0 Å². The van der Waals surface area contributed by atoms with Crippen LogP contribution in [-0.2, 0) is 0 Å². The Bertz CT molecular complexity index is 609. The van der Waals surface area contributed by atoms with Gasteiger partial charge in [0, 0.05) is 6.20 Å². The van der Waals surface area contributed by atoms with Crippen molar-refractivity contribution in [3.8, 4) is 5.69 Å². The van der Waals surface area contributed by atoms with Crippen LogP contribution in [0.3, 0.4) is 0 Å². The van der Waals surface area contributed by atoms with Gasteiger partial charge in [-0.25, -0.2) is 4.68 Å². The summed E-state index contributed by atoms with van der Waals surface area (Å²) in [4.78, 5) is 12.2. The molecular weight excluding hydrogens is 266 g/mol. The molecule has 2 aromatic rings. The van der Waals surface area contributed by atoms with Crippen LogP contribution in [0.25, 0.3) is 5.69 Å². The van der Waals surface area contributed by atoms with Crippen molar-refractivity contribution in [3.63, 3.8) is 0 Å². The van der Waals surface area contributed by atoms with Gasteiger partial charge in [0.25, 0.3) is 5.91 Å². The highest BCUT2D eigenvalue weighted by atomic mass is 16.3. The number of hydrogen-bond acceptors (Lipinski definition) is 3. The van der Waals surface area contributed by atoms with Crippen molar-refractivity contribution in [2.75, 3.05) is 0 Å². The Kier molecular flexibility index (Phi) is 4.01. The lowest BCUT2D eigenvalue weighted by Gasteiger charge is -2.28. The molecule has 0 bridgehead atoms. The summed E-state index contributed by atoms with van der Waals surface area (Å²) in [7, 11) is 0. The molecule has 2 atom stereocenters. The molecule has 1 aromatic carbocycles. The molecule has 1 amide bonds. The van der Waals surface area contributed by atoms with Crippen molar-refractivity contribution in [3.05, 3.63) is 48.3 Å². The molecule has 0 spiro atoms.